The first-order valence-corrected chi connectivity index (χ1v) is 9.05. The van der Waals surface area contributed by atoms with E-state index in [1.54, 1.807) is 0 Å². The number of nitrogens with one attached hydrogen (secondary N) is 2. The maximum atomic E-state index is 6.09. The molecule has 0 spiro atoms. The van der Waals surface area contributed by atoms with Gasteiger partial charge in [0.05, 0.1) is 0 Å². The first-order chi connectivity index (χ1) is 11.2. The second-order valence-corrected chi connectivity index (χ2v) is 6.96. The molecule has 1 aliphatic carbocycles. The molecule has 1 aliphatic heterocycles. The minimum absolute atomic E-state index is 0.463. The first-order valence-electron chi connectivity index (χ1n) is 8.68. The molecule has 2 N–H and O–H groups in total. The average molecular weight is 335 g/mol. The summed E-state index contributed by atoms with van der Waals surface area (Å²) in [4.78, 5) is 6.92. The molecular weight excluding hydrogens is 308 g/mol. The summed E-state index contributed by atoms with van der Waals surface area (Å²) in [6.45, 7) is 5.58. The molecule has 0 bridgehead atoms. The molecule has 3 atom stereocenters. The van der Waals surface area contributed by atoms with Crippen molar-refractivity contribution in [1.29, 1.82) is 0 Å². The average Bonchev–Trinajstić information content (AvgIpc) is 3.18. The van der Waals surface area contributed by atoms with E-state index in [0.717, 1.165) is 30.5 Å². The Kier molecular flexibility index (Phi) is 5.44. The zero-order valence-corrected chi connectivity index (χ0v) is 14.8. The summed E-state index contributed by atoms with van der Waals surface area (Å²) in [6.07, 6.45) is 3.74. The molecule has 126 valence electrons. The summed E-state index contributed by atoms with van der Waals surface area (Å²) >= 11 is 6.09. The molecule has 1 saturated carbocycles. The number of nitrogens with zero attached hydrogens (tertiary/aromatic N) is 2. The molecule has 2 aliphatic rings. The highest BCUT2D eigenvalue weighted by Crippen LogP contribution is 2.41. The summed E-state index contributed by atoms with van der Waals surface area (Å²) in [5.74, 6) is 1.47. The second kappa shape index (κ2) is 7.54. The van der Waals surface area contributed by atoms with Gasteiger partial charge in [0.15, 0.2) is 5.96 Å². The first kappa shape index (κ1) is 16.6. The van der Waals surface area contributed by atoms with E-state index >= 15 is 0 Å². The minimum Gasteiger partial charge on any atom is -0.355 e. The van der Waals surface area contributed by atoms with Crippen LogP contribution in [0.25, 0.3) is 0 Å². The van der Waals surface area contributed by atoms with E-state index in [9.17, 15) is 0 Å². The Morgan fingerprint density at radius 1 is 1.43 bits per heavy atom. The highest BCUT2D eigenvalue weighted by molar-refractivity contribution is 6.30. The quantitative estimate of drug-likeness (QED) is 0.642. The highest BCUT2D eigenvalue weighted by Gasteiger charge is 2.39. The molecule has 2 fully saturated rings. The van der Waals surface area contributed by atoms with Crippen molar-refractivity contribution in [2.45, 2.75) is 44.2 Å². The van der Waals surface area contributed by atoms with E-state index in [1.807, 2.05) is 19.2 Å². The number of hydrogen-bond acceptors (Lipinski definition) is 2. The fraction of sp³-hybridized carbons (Fsp3) is 0.611. The molecule has 4 nitrogen and oxygen atoms in total. The third kappa shape index (κ3) is 4.18. The van der Waals surface area contributed by atoms with E-state index in [-0.39, 0.29) is 0 Å². The van der Waals surface area contributed by atoms with Gasteiger partial charge in [-0.1, -0.05) is 30.7 Å². The van der Waals surface area contributed by atoms with E-state index in [0.29, 0.717) is 18.0 Å². The topological polar surface area (TPSA) is 39.7 Å². The van der Waals surface area contributed by atoms with Crippen LogP contribution < -0.4 is 10.6 Å². The van der Waals surface area contributed by atoms with Gasteiger partial charge in [0.1, 0.15) is 0 Å². The minimum atomic E-state index is 0.463. The monoisotopic (exact) mass is 334 g/mol. The molecular formula is C18H27ClN4. The van der Waals surface area contributed by atoms with Crippen molar-refractivity contribution < 1.29 is 0 Å². The van der Waals surface area contributed by atoms with Gasteiger partial charge in [-0.15, -0.1) is 0 Å². The molecule has 1 aromatic carbocycles. The lowest BCUT2D eigenvalue weighted by atomic mass is 10.1. The molecule has 0 radical (unpaired) electrons. The fourth-order valence-electron chi connectivity index (χ4n) is 3.59. The third-order valence-electron chi connectivity index (χ3n) is 5.02. The highest BCUT2D eigenvalue weighted by atomic mass is 35.5. The lowest BCUT2D eigenvalue weighted by Crippen LogP contribution is -2.45. The largest absolute Gasteiger partial charge is 0.355 e. The normalized spacial score (nSPS) is 28.0. The van der Waals surface area contributed by atoms with Crippen LogP contribution in [0.1, 0.15) is 37.7 Å². The van der Waals surface area contributed by atoms with Gasteiger partial charge in [-0.3, -0.25) is 9.89 Å². The smallest absolute Gasteiger partial charge is 0.191 e. The van der Waals surface area contributed by atoms with Crippen molar-refractivity contribution in [3.63, 3.8) is 0 Å². The van der Waals surface area contributed by atoms with Gasteiger partial charge in [-0.25, -0.2) is 0 Å². The Hall–Kier alpha value is -1.26. The van der Waals surface area contributed by atoms with Crippen LogP contribution in [0.4, 0.5) is 0 Å². The predicted octanol–water partition coefficient (Wildman–Crippen LogP) is 2.85. The number of aliphatic imine (C=N–C) groups is 1. The van der Waals surface area contributed by atoms with Crippen LogP contribution in [-0.2, 0) is 0 Å². The van der Waals surface area contributed by atoms with Gasteiger partial charge in [0, 0.05) is 36.6 Å². The van der Waals surface area contributed by atoms with Crippen molar-refractivity contribution in [3.8, 4) is 0 Å². The number of rotatable bonds is 5. The molecule has 1 aromatic rings. The van der Waals surface area contributed by atoms with Crippen molar-refractivity contribution in [3.05, 3.63) is 34.9 Å². The number of benzene rings is 1. The zero-order chi connectivity index (χ0) is 16.2. The third-order valence-corrected chi connectivity index (χ3v) is 5.26. The van der Waals surface area contributed by atoms with Crippen LogP contribution in [0.15, 0.2) is 29.3 Å². The predicted molar refractivity (Wildman–Crippen MR) is 97.4 cm³/mol. The number of likely N-dealkylation sites (N-methyl/N-ethyl adjacent to an activating group) is 1. The Morgan fingerprint density at radius 3 is 3.04 bits per heavy atom. The van der Waals surface area contributed by atoms with Crippen molar-refractivity contribution >= 4 is 17.6 Å². The van der Waals surface area contributed by atoms with Gasteiger partial charge in [-0.2, -0.15) is 0 Å². The summed E-state index contributed by atoms with van der Waals surface area (Å²) in [5, 5.41) is 7.86. The van der Waals surface area contributed by atoms with Crippen LogP contribution in [0.3, 0.4) is 0 Å². The van der Waals surface area contributed by atoms with E-state index in [2.05, 4.69) is 39.6 Å². The van der Waals surface area contributed by atoms with Crippen molar-refractivity contribution in [2.24, 2.45) is 4.99 Å². The fourth-order valence-corrected chi connectivity index (χ4v) is 3.79. The van der Waals surface area contributed by atoms with Crippen molar-refractivity contribution in [1.82, 2.24) is 15.5 Å². The van der Waals surface area contributed by atoms with E-state index < -0.39 is 0 Å². The van der Waals surface area contributed by atoms with Crippen LogP contribution in [-0.4, -0.2) is 49.6 Å². The molecule has 1 saturated heterocycles. The SMILES string of the molecule is CCN1CCCC1CNC(=NC)NC1CC1c1cccc(Cl)c1. The summed E-state index contributed by atoms with van der Waals surface area (Å²) in [5.41, 5.74) is 1.32. The summed E-state index contributed by atoms with van der Waals surface area (Å²) < 4.78 is 0. The molecule has 1 heterocycles. The molecule has 5 heteroatoms. The van der Waals surface area contributed by atoms with Crippen LogP contribution >= 0.6 is 11.6 Å². The molecule has 23 heavy (non-hydrogen) atoms. The van der Waals surface area contributed by atoms with Gasteiger partial charge in [0.2, 0.25) is 0 Å². The Labute approximate surface area is 144 Å². The molecule has 0 amide bonds. The number of halogens is 1. The maximum Gasteiger partial charge on any atom is 0.191 e. The van der Waals surface area contributed by atoms with Gasteiger partial charge >= 0.3 is 0 Å². The Bertz CT molecular complexity index is 560. The summed E-state index contributed by atoms with van der Waals surface area (Å²) in [6, 6.07) is 9.29. The number of likely N-dealkylation sites (tertiary alicyclic amines) is 1. The van der Waals surface area contributed by atoms with Crippen LogP contribution in [0, 0.1) is 0 Å². The Balaban J connectivity index is 1.47. The van der Waals surface area contributed by atoms with Gasteiger partial charge in [-0.05, 0) is 50.0 Å². The summed E-state index contributed by atoms with van der Waals surface area (Å²) in [7, 11) is 1.85. The van der Waals surface area contributed by atoms with E-state index in [1.165, 1.54) is 24.9 Å². The van der Waals surface area contributed by atoms with Gasteiger partial charge in [0.25, 0.3) is 0 Å². The number of guanidine groups is 1. The van der Waals surface area contributed by atoms with Crippen molar-refractivity contribution in [2.75, 3.05) is 26.7 Å². The van der Waals surface area contributed by atoms with E-state index in [4.69, 9.17) is 11.6 Å². The Morgan fingerprint density at radius 2 is 2.30 bits per heavy atom. The molecule has 0 aromatic heterocycles. The molecule has 3 unspecified atom stereocenters. The lowest BCUT2D eigenvalue weighted by molar-refractivity contribution is 0.267. The maximum absolute atomic E-state index is 6.09. The lowest BCUT2D eigenvalue weighted by Gasteiger charge is -2.24. The molecule has 3 rings (SSSR count). The van der Waals surface area contributed by atoms with Gasteiger partial charge < -0.3 is 10.6 Å². The zero-order valence-electron chi connectivity index (χ0n) is 14.1. The second-order valence-electron chi connectivity index (χ2n) is 6.53. The number of hydrogen-bond donors (Lipinski definition) is 2. The van der Waals surface area contributed by atoms with Crippen LogP contribution in [0.2, 0.25) is 5.02 Å². The van der Waals surface area contributed by atoms with Crippen LogP contribution in [0.5, 0.6) is 0 Å². The standard InChI is InChI=1S/C18H27ClN4/c1-3-23-9-5-8-15(23)12-21-18(20-2)22-17-11-16(17)13-6-4-7-14(19)10-13/h4,6-7,10,15-17H,3,5,8-9,11-12H2,1-2H3,(H2,20,21,22).